The molecule has 1 spiro atoms. The lowest BCUT2D eigenvalue weighted by molar-refractivity contribution is -0.130. The van der Waals surface area contributed by atoms with Crippen molar-refractivity contribution in [3.63, 3.8) is 0 Å². The molecule has 0 bridgehead atoms. The molecule has 164 valence electrons. The summed E-state index contributed by atoms with van der Waals surface area (Å²) >= 11 is 6.26. The zero-order valence-electron chi connectivity index (χ0n) is 17.2. The number of fused-ring (bicyclic) bond motifs is 4. The molecule has 9 heteroatoms. The highest BCUT2D eigenvalue weighted by Gasteiger charge is 2.70. The first kappa shape index (κ1) is 20.7. The van der Waals surface area contributed by atoms with Crippen LogP contribution in [-0.2, 0) is 24.7 Å². The van der Waals surface area contributed by atoms with Crippen LogP contribution in [0.3, 0.4) is 0 Å². The average molecular weight is 453 g/mol. The smallest absolute Gasteiger partial charge is 0.250 e. The van der Waals surface area contributed by atoms with Crippen molar-refractivity contribution in [3.05, 3.63) is 58.6 Å². The van der Waals surface area contributed by atoms with Gasteiger partial charge in [0.15, 0.2) is 0 Å². The maximum atomic E-state index is 13.7. The number of carbonyl (C=O) groups excluding carboxylic acids is 4. The highest BCUT2D eigenvalue weighted by Crippen LogP contribution is 2.55. The fourth-order valence-corrected chi connectivity index (χ4v) is 5.52. The van der Waals surface area contributed by atoms with Crippen molar-refractivity contribution >= 4 is 46.6 Å². The first-order chi connectivity index (χ1) is 15.3. The number of primary amides is 1. The molecule has 2 aromatic carbocycles. The number of hydrogen-bond donors (Lipinski definition) is 3. The predicted octanol–water partition coefficient (Wildman–Crippen LogP) is 1.84. The van der Waals surface area contributed by atoms with E-state index >= 15 is 0 Å². The van der Waals surface area contributed by atoms with E-state index in [4.69, 9.17) is 17.3 Å². The van der Waals surface area contributed by atoms with Gasteiger partial charge in [0.1, 0.15) is 5.54 Å². The van der Waals surface area contributed by atoms with Gasteiger partial charge in [-0.05, 0) is 37.1 Å². The number of benzene rings is 2. The van der Waals surface area contributed by atoms with Gasteiger partial charge in [-0.3, -0.25) is 24.5 Å². The van der Waals surface area contributed by atoms with E-state index in [1.54, 1.807) is 49.4 Å². The number of carbonyl (C=O) groups is 4. The summed E-state index contributed by atoms with van der Waals surface area (Å²) in [7, 11) is 0. The number of nitrogens with zero attached hydrogens (tertiary/aromatic N) is 1. The summed E-state index contributed by atoms with van der Waals surface area (Å²) < 4.78 is 0. The van der Waals surface area contributed by atoms with Gasteiger partial charge in [0, 0.05) is 23.0 Å². The molecular formula is C23H21ClN4O4. The third-order valence-corrected chi connectivity index (χ3v) is 7.21. The lowest BCUT2D eigenvalue weighted by Crippen LogP contribution is -2.53. The van der Waals surface area contributed by atoms with Gasteiger partial charge in [0.05, 0.1) is 23.2 Å². The fourth-order valence-electron chi connectivity index (χ4n) is 5.37. The molecule has 3 heterocycles. The van der Waals surface area contributed by atoms with E-state index in [0.717, 1.165) is 4.90 Å². The molecule has 5 rings (SSSR count). The highest BCUT2D eigenvalue weighted by molar-refractivity contribution is 6.32. The molecule has 0 unspecified atom stereocenters. The molecule has 0 saturated carbocycles. The number of para-hydroxylation sites is 1. The van der Waals surface area contributed by atoms with E-state index in [-0.39, 0.29) is 12.8 Å². The Kier molecular flexibility index (Phi) is 4.61. The Morgan fingerprint density at radius 2 is 1.84 bits per heavy atom. The molecule has 32 heavy (non-hydrogen) atoms. The molecule has 0 aromatic heterocycles. The summed E-state index contributed by atoms with van der Waals surface area (Å²) in [6.07, 6.45) is 0.257. The maximum Gasteiger partial charge on any atom is 0.250 e. The van der Waals surface area contributed by atoms with Crippen LogP contribution in [0.5, 0.6) is 0 Å². The number of anilines is 2. The normalized spacial score (nSPS) is 28.2. The number of rotatable bonds is 4. The van der Waals surface area contributed by atoms with Gasteiger partial charge in [0.2, 0.25) is 23.6 Å². The minimum atomic E-state index is -1.44. The van der Waals surface area contributed by atoms with E-state index in [1.807, 2.05) is 0 Å². The number of imide groups is 1. The second kappa shape index (κ2) is 7.15. The van der Waals surface area contributed by atoms with E-state index in [0.29, 0.717) is 27.5 Å². The molecule has 3 aliphatic heterocycles. The number of amides is 4. The summed E-state index contributed by atoms with van der Waals surface area (Å²) in [5, 5.41) is 6.63. The predicted molar refractivity (Wildman–Crippen MR) is 118 cm³/mol. The van der Waals surface area contributed by atoms with Crippen molar-refractivity contribution < 1.29 is 19.2 Å². The van der Waals surface area contributed by atoms with Gasteiger partial charge in [0.25, 0.3) is 0 Å². The van der Waals surface area contributed by atoms with Crippen LogP contribution in [0, 0.1) is 18.8 Å². The Hall–Kier alpha value is -3.23. The SMILES string of the molecule is Cc1c(Cl)ccc2c1NC(=O)[C@]21N[C@@H](CCC(N)=O)[C@H]2C(=O)N(c3ccccc3)C(=O)[C@H]21. The Morgan fingerprint density at radius 3 is 2.53 bits per heavy atom. The summed E-state index contributed by atoms with van der Waals surface area (Å²) in [4.78, 5) is 53.3. The molecule has 0 radical (unpaired) electrons. The quantitative estimate of drug-likeness (QED) is 0.611. The molecule has 2 saturated heterocycles. The minimum absolute atomic E-state index is 0.0257. The Balaban J connectivity index is 1.67. The van der Waals surface area contributed by atoms with Crippen molar-refractivity contribution in [2.75, 3.05) is 10.2 Å². The van der Waals surface area contributed by atoms with Crippen LogP contribution in [0.2, 0.25) is 5.02 Å². The van der Waals surface area contributed by atoms with Gasteiger partial charge in [-0.2, -0.15) is 0 Å². The van der Waals surface area contributed by atoms with Gasteiger partial charge >= 0.3 is 0 Å². The summed E-state index contributed by atoms with van der Waals surface area (Å²) in [5.41, 5.74) is 6.17. The number of halogens is 1. The standard InChI is InChI=1S/C23H21ClN4O4/c1-11-14(24)8-7-13-19(11)26-22(32)23(13)18-17(15(27-23)9-10-16(25)29)20(30)28(21(18)31)12-5-3-2-4-6-12/h2-8,15,17-18,27H,9-10H2,1H3,(H2,25,29)(H,26,32)/t15-,17+,18-,23-/m0/s1. The van der Waals surface area contributed by atoms with E-state index in [1.165, 1.54) is 0 Å². The lowest BCUT2D eigenvalue weighted by Gasteiger charge is -2.29. The van der Waals surface area contributed by atoms with Crippen LogP contribution in [0.15, 0.2) is 42.5 Å². The summed E-state index contributed by atoms with van der Waals surface area (Å²) in [6, 6.07) is 11.5. The number of hydrogen-bond acceptors (Lipinski definition) is 5. The van der Waals surface area contributed by atoms with Crippen LogP contribution in [0.4, 0.5) is 11.4 Å². The molecule has 3 aliphatic rings. The monoisotopic (exact) mass is 452 g/mol. The van der Waals surface area contributed by atoms with E-state index in [9.17, 15) is 19.2 Å². The van der Waals surface area contributed by atoms with Crippen LogP contribution < -0.4 is 21.3 Å². The first-order valence-electron chi connectivity index (χ1n) is 10.4. The minimum Gasteiger partial charge on any atom is -0.370 e. The van der Waals surface area contributed by atoms with Gasteiger partial charge in [-0.1, -0.05) is 35.9 Å². The van der Waals surface area contributed by atoms with Gasteiger partial charge < -0.3 is 11.1 Å². The highest BCUT2D eigenvalue weighted by atomic mass is 35.5. The van der Waals surface area contributed by atoms with Crippen molar-refractivity contribution in [1.29, 1.82) is 0 Å². The largest absolute Gasteiger partial charge is 0.370 e. The van der Waals surface area contributed by atoms with Crippen molar-refractivity contribution in [2.24, 2.45) is 17.6 Å². The fraction of sp³-hybridized carbons (Fsp3) is 0.304. The van der Waals surface area contributed by atoms with E-state index < -0.39 is 47.0 Å². The van der Waals surface area contributed by atoms with Crippen LogP contribution in [0.1, 0.15) is 24.0 Å². The topological polar surface area (TPSA) is 122 Å². The molecule has 2 aromatic rings. The zero-order chi connectivity index (χ0) is 22.8. The first-order valence-corrected chi connectivity index (χ1v) is 10.7. The van der Waals surface area contributed by atoms with Crippen LogP contribution >= 0.6 is 11.6 Å². The second-order valence-electron chi connectivity index (χ2n) is 8.46. The molecule has 8 nitrogen and oxygen atoms in total. The van der Waals surface area contributed by atoms with Crippen molar-refractivity contribution in [2.45, 2.75) is 31.3 Å². The zero-order valence-corrected chi connectivity index (χ0v) is 18.0. The average Bonchev–Trinajstić information content (AvgIpc) is 3.35. The van der Waals surface area contributed by atoms with E-state index in [2.05, 4.69) is 10.6 Å². The van der Waals surface area contributed by atoms with Gasteiger partial charge in [-0.25, -0.2) is 4.90 Å². The number of nitrogens with two attached hydrogens (primary N) is 1. The molecule has 4 N–H and O–H groups in total. The molecular weight excluding hydrogens is 432 g/mol. The van der Waals surface area contributed by atoms with Gasteiger partial charge in [-0.15, -0.1) is 0 Å². The van der Waals surface area contributed by atoms with Crippen LogP contribution in [-0.4, -0.2) is 29.7 Å². The Bertz CT molecular complexity index is 1180. The van der Waals surface area contributed by atoms with Crippen molar-refractivity contribution in [1.82, 2.24) is 5.32 Å². The molecule has 4 atom stereocenters. The molecule has 0 aliphatic carbocycles. The molecule has 4 amide bonds. The Morgan fingerprint density at radius 1 is 1.12 bits per heavy atom. The third kappa shape index (κ3) is 2.66. The Labute approximate surface area is 189 Å². The maximum absolute atomic E-state index is 13.7. The number of nitrogens with one attached hydrogen (secondary N) is 2. The van der Waals surface area contributed by atoms with Crippen molar-refractivity contribution in [3.8, 4) is 0 Å². The third-order valence-electron chi connectivity index (χ3n) is 6.80. The summed E-state index contributed by atoms with van der Waals surface area (Å²) in [5.74, 6) is -3.54. The molecule has 2 fully saturated rings. The van der Waals surface area contributed by atoms with Crippen LogP contribution in [0.25, 0.3) is 0 Å². The second-order valence-corrected chi connectivity index (χ2v) is 8.87. The lowest BCUT2D eigenvalue weighted by atomic mass is 9.76. The summed E-state index contributed by atoms with van der Waals surface area (Å²) in [6.45, 7) is 1.79.